The molecule has 1 aromatic heterocycles. The van der Waals surface area contributed by atoms with E-state index in [9.17, 15) is 0 Å². The molecule has 3 heteroatoms. The van der Waals surface area contributed by atoms with Gasteiger partial charge < -0.3 is 10.8 Å². The SMILES string of the molecule is C[C@@H](O)c1ccc(N)nc1. The minimum atomic E-state index is -0.465. The van der Waals surface area contributed by atoms with E-state index in [2.05, 4.69) is 4.98 Å². The van der Waals surface area contributed by atoms with Gasteiger partial charge in [-0.15, -0.1) is 0 Å². The van der Waals surface area contributed by atoms with Gasteiger partial charge in [0.05, 0.1) is 6.10 Å². The van der Waals surface area contributed by atoms with E-state index >= 15 is 0 Å². The maximum Gasteiger partial charge on any atom is 0.123 e. The molecule has 1 heterocycles. The Kier molecular flexibility index (Phi) is 1.87. The molecule has 0 aliphatic carbocycles. The number of nitrogens with zero attached hydrogens (tertiary/aromatic N) is 1. The third-order valence-electron chi connectivity index (χ3n) is 1.29. The predicted molar refractivity (Wildman–Crippen MR) is 39.3 cm³/mol. The number of rotatable bonds is 1. The van der Waals surface area contributed by atoms with Crippen molar-refractivity contribution in [1.82, 2.24) is 4.98 Å². The van der Waals surface area contributed by atoms with Crippen LogP contribution in [0.25, 0.3) is 0 Å². The third kappa shape index (κ3) is 1.45. The van der Waals surface area contributed by atoms with E-state index < -0.39 is 6.10 Å². The highest BCUT2D eigenvalue weighted by Gasteiger charge is 1.98. The fourth-order valence-electron chi connectivity index (χ4n) is 0.664. The summed E-state index contributed by atoms with van der Waals surface area (Å²) in [6.07, 6.45) is 1.10. The summed E-state index contributed by atoms with van der Waals surface area (Å²) in [7, 11) is 0. The van der Waals surface area contributed by atoms with Gasteiger partial charge in [0, 0.05) is 6.20 Å². The lowest BCUT2D eigenvalue weighted by molar-refractivity contribution is 0.199. The van der Waals surface area contributed by atoms with Gasteiger partial charge in [-0.1, -0.05) is 6.07 Å². The molecule has 1 rings (SSSR count). The van der Waals surface area contributed by atoms with Gasteiger partial charge in [-0.05, 0) is 18.6 Å². The Hall–Kier alpha value is -1.09. The second kappa shape index (κ2) is 2.66. The second-order valence-electron chi connectivity index (χ2n) is 2.19. The Bertz CT molecular complexity index is 205. The standard InChI is InChI=1S/C7H10N2O/c1-5(10)6-2-3-7(8)9-4-6/h2-5,10H,1H3,(H2,8,9)/t5-/m1/s1. The van der Waals surface area contributed by atoms with E-state index in [-0.39, 0.29) is 0 Å². The van der Waals surface area contributed by atoms with Crippen LogP contribution in [0.15, 0.2) is 18.3 Å². The first kappa shape index (κ1) is 7.02. The Morgan fingerprint density at radius 1 is 1.60 bits per heavy atom. The lowest BCUT2D eigenvalue weighted by Gasteiger charge is -2.02. The number of nitrogens with two attached hydrogens (primary N) is 1. The van der Waals surface area contributed by atoms with Crippen molar-refractivity contribution in [2.24, 2.45) is 0 Å². The summed E-state index contributed by atoms with van der Waals surface area (Å²) in [6, 6.07) is 3.43. The van der Waals surface area contributed by atoms with E-state index in [0.717, 1.165) is 5.56 Å². The number of aliphatic hydroxyl groups is 1. The second-order valence-corrected chi connectivity index (χ2v) is 2.19. The van der Waals surface area contributed by atoms with Gasteiger partial charge in [0.25, 0.3) is 0 Å². The number of anilines is 1. The molecule has 0 aliphatic rings. The monoisotopic (exact) mass is 138 g/mol. The molecule has 0 radical (unpaired) electrons. The molecule has 54 valence electrons. The molecule has 0 amide bonds. The molecular formula is C7H10N2O. The fraction of sp³-hybridized carbons (Fsp3) is 0.286. The molecule has 1 aromatic rings. The van der Waals surface area contributed by atoms with E-state index in [1.807, 2.05) is 0 Å². The van der Waals surface area contributed by atoms with Crippen molar-refractivity contribution in [2.75, 3.05) is 5.73 Å². The van der Waals surface area contributed by atoms with Crippen LogP contribution in [0.4, 0.5) is 5.82 Å². The Morgan fingerprint density at radius 2 is 2.30 bits per heavy atom. The molecule has 0 unspecified atom stereocenters. The zero-order chi connectivity index (χ0) is 7.56. The normalized spacial score (nSPS) is 13.0. The largest absolute Gasteiger partial charge is 0.389 e. The van der Waals surface area contributed by atoms with Crippen LogP contribution in [-0.2, 0) is 0 Å². The molecule has 0 bridgehead atoms. The van der Waals surface area contributed by atoms with Crippen molar-refractivity contribution in [1.29, 1.82) is 0 Å². The smallest absolute Gasteiger partial charge is 0.123 e. The summed E-state index contributed by atoms with van der Waals surface area (Å²) >= 11 is 0. The summed E-state index contributed by atoms with van der Waals surface area (Å²) < 4.78 is 0. The Labute approximate surface area is 59.5 Å². The predicted octanol–water partition coefficient (Wildman–Crippen LogP) is 0.717. The average molecular weight is 138 g/mol. The minimum Gasteiger partial charge on any atom is -0.389 e. The van der Waals surface area contributed by atoms with E-state index in [1.54, 1.807) is 25.3 Å². The van der Waals surface area contributed by atoms with Crippen molar-refractivity contribution in [3.05, 3.63) is 23.9 Å². The van der Waals surface area contributed by atoms with Crippen LogP contribution < -0.4 is 5.73 Å². The number of nitrogen functional groups attached to an aromatic ring is 1. The zero-order valence-corrected chi connectivity index (χ0v) is 5.78. The quantitative estimate of drug-likeness (QED) is 0.601. The van der Waals surface area contributed by atoms with E-state index in [1.165, 1.54) is 0 Å². The van der Waals surface area contributed by atoms with E-state index in [0.29, 0.717) is 5.82 Å². The molecule has 10 heavy (non-hydrogen) atoms. The van der Waals surface area contributed by atoms with Crippen molar-refractivity contribution in [3.8, 4) is 0 Å². The van der Waals surface area contributed by atoms with Crippen LogP contribution in [0, 0.1) is 0 Å². The summed E-state index contributed by atoms with van der Waals surface area (Å²) in [6.45, 7) is 1.69. The first-order chi connectivity index (χ1) is 4.70. The van der Waals surface area contributed by atoms with Gasteiger partial charge >= 0.3 is 0 Å². The lowest BCUT2D eigenvalue weighted by Crippen LogP contribution is -1.94. The highest BCUT2D eigenvalue weighted by Crippen LogP contribution is 2.10. The maximum atomic E-state index is 9.03. The van der Waals surface area contributed by atoms with Gasteiger partial charge in [0.2, 0.25) is 0 Å². The van der Waals surface area contributed by atoms with Crippen LogP contribution in [0.5, 0.6) is 0 Å². The van der Waals surface area contributed by atoms with Crippen molar-refractivity contribution < 1.29 is 5.11 Å². The Balaban J connectivity index is 2.89. The highest BCUT2D eigenvalue weighted by atomic mass is 16.3. The molecule has 0 aromatic carbocycles. The summed E-state index contributed by atoms with van der Waals surface area (Å²) in [5, 5.41) is 9.03. The topological polar surface area (TPSA) is 59.1 Å². The number of hydrogen-bond donors (Lipinski definition) is 2. The van der Waals surface area contributed by atoms with Gasteiger partial charge in [0.1, 0.15) is 5.82 Å². The molecule has 0 aliphatic heterocycles. The van der Waals surface area contributed by atoms with Crippen LogP contribution >= 0.6 is 0 Å². The molecule has 0 saturated carbocycles. The van der Waals surface area contributed by atoms with Crippen LogP contribution in [-0.4, -0.2) is 10.1 Å². The van der Waals surface area contributed by atoms with E-state index in [4.69, 9.17) is 10.8 Å². The van der Waals surface area contributed by atoms with Gasteiger partial charge in [-0.2, -0.15) is 0 Å². The van der Waals surface area contributed by atoms with Gasteiger partial charge in [-0.3, -0.25) is 0 Å². The summed E-state index contributed by atoms with van der Waals surface area (Å²) in [4.78, 5) is 3.82. The molecule has 0 fully saturated rings. The summed E-state index contributed by atoms with van der Waals surface area (Å²) in [5.41, 5.74) is 6.12. The first-order valence-corrected chi connectivity index (χ1v) is 3.09. The number of aliphatic hydroxyl groups excluding tert-OH is 1. The third-order valence-corrected chi connectivity index (χ3v) is 1.29. The van der Waals surface area contributed by atoms with Crippen molar-refractivity contribution >= 4 is 5.82 Å². The van der Waals surface area contributed by atoms with Crippen molar-refractivity contribution in [3.63, 3.8) is 0 Å². The zero-order valence-electron chi connectivity index (χ0n) is 5.78. The minimum absolute atomic E-state index is 0.465. The molecule has 0 saturated heterocycles. The lowest BCUT2D eigenvalue weighted by atomic mass is 10.2. The van der Waals surface area contributed by atoms with Crippen molar-refractivity contribution in [2.45, 2.75) is 13.0 Å². The fourth-order valence-corrected chi connectivity index (χ4v) is 0.664. The first-order valence-electron chi connectivity index (χ1n) is 3.09. The molecular weight excluding hydrogens is 128 g/mol. The molecule has 0 spiro atoms. The van der Waals surface area contributed by atoms with Gasteiger partial charge in [0.15, 0.2) is 0 Å². The number of pyridine rings is 1. The van der Waals surface area contributed by atoms with Crippen LogP contribution in [0.2, 0.25) is 0 Å². The highest BCUT2D eigenvalue weighted by molar-refractivity contribution is 5.29. The molecule has 3 N–H and O–H groups in total. The van der Waals surface area contributed by atoms with Gasteiger partial charge in [-0.25, -0.2) is 4.98 Å². The van der Waals surface area contributed by atoms with Crippen LogP contribution in [0.1, 0.15) is 18.6 Å². The number of hydrogen-bond acceptors (Lipinski definition) is 3. The number of aromatic nitrogens is 1. The molecule has 3 nitrogen and oxygen atoms in total. The maximum absolute atomic E-state index is 9.03. The average Bonchev–Trinajstić information content (AvgIpc) is 1.88. The summed E-state index contributed by atoms with van der Waals surface area (Å²) in [5.74, 6) is 0.476. The molecule has 1 atom stereocenters. The Morgan fingerprint density at radius 3 is 2.70 bits per heavy atom. The van der Waals surface area contributed by atoms with Crippen LogP contribution in [0.3, 0.4) is 0 Å².